The molecule has 204 valence electrons. The molecule has 9 aromatic rings. The van der Waals surface area contributed by atoms with Crippen molar-refractivity contribution < 1.29 is 0 Å². The maximum Gasteiger partial charge on any atom is 0.235 e. The van der Waals surface area contributed by atoms with Crippen LogP contribution in [0.5, 0.6) is 0 Å². The summed E-state index contributed by atoms with van der Waals surface area (Å²) in [5, 5.41) is 5.67. The summed E-state index contributed by atoms with van der Waals surface area (Å²) in [7, 11) is 0. The van der Waals surface area contributed by atoms with Gasteiger partial charge < -0.3 is 4.57 Å². The lowest BCUT2D eigenvalue weighted by molar-refractivity contribution is 1.01. The van der Waals surface area contributed by atoms with Crippen molar-refractivity contribution in [3.05, 3.63) is 151 Å². The van der Waals surface area contributed by atoms with Crippen LogP contribution < -0.4 is 0 Å². The van der Waals surface area contributed by atoms with Gasteiger partial charge in [0.15, 0.2) is 5.69 Å². The van der Waals surface area contributed by atoms with Gasteiger partial charge in [-0.15, -0.1) is 0 Å². The first-order valence-corrected chi connectivity index (χ1v) is 14.5. The quantitative estimate of drug-likeness (QED) is 0.201. The van der Waals surface area contributed by atoms with Crippen molar-refractivity contribution in [1.82, 2.24) is 19.1 Å². The maximum atomic E-state index is 7.42. The van der Waals surface area contributed by atoms with Gasteiger partial charge in [0.1, 0.15) is 0 Å². The van der Waals surface area contributed by atoms with Gasteiger partial charge >= 0.3 is 0 Å². The van der Waals surface area contributed by atoms with E-state index in [1.165, 1.54) is 21.8 Å². The number of aromatic nitrogens is 4. The summed E-state index contributed by atoms with van der Waals surface area (Å²) >= 11 is 0. The summed E-state index contributed by atoms with van der Waals surface area (Å²) in [5.74, 6) is 0.590. The number of rotatable bonds is 3. The molecular formula is C39H23N5. The van der Waals surface area contributed by atoms with E-state index in [1.54, 1.807) is 6.07 Å². The highest BCUT2D eigenvalue weighted by Crippen LogP contribution is 2.38. The minimum Gasteiger partial charge on any atom is -0.309 e. The zero-order valence-electron chi connectivity index (χ0n) is 23.5. The van der Waals surface area contributed by atoms with Crippen LogP contribution in [0.4, 0.5) is 5.69 Å². The molecule has 44 heavy (non-hydrogen) atoms. The van der Waals surface area contributed by atoms with Crippen LogP contribution in [0, 0.1) is 6.57 Å². The third-order valence-corrected chi connectivity index (χ3v) is 8.58. The molecule has 0 N–H and O–H groups in total. The summed E-state index contributed by atoms with van der Waals surface area (Å²) < 4.78 is 4.48. The lowest BCUT2D eigenvalue weighted by atomic mass is 10.0. The molecule has 0 fully saturated rings. The molecule has 0 bridgehead atoms. The van der Waals surface area contributed by atoms with Crippen LogP contribution >= 0.6 is 0 Å². The molecule has 6 aromatic carbocycles. The molecular weight excluding hydrogens is 538 g/mol. The van der Waals surface area contributed by atoms with Crippen molar-refractivity contribution in [1.29, 1.82) is 0 Å². The minimum atomic E-state index is 0.567. The van der Waals surface area contributed by atoms with Crippen LogP contribution in [-0.2, 0) is 0 Å². The Labute approximate surface area is 252 Å². The third kappa shape index (κ3) is 3.58. The number of para-hydroxylation sites is 3. The summed E-state index contributed by atoms with van der Waals surface area (Å²) in [6.07, 6.45) is 1.83. The van der Waals surface area contributed by atoms with Crippen LogP contribution in [0.25, 0.3) is 82.1 Å². The van der Waals surface area contributed by atoms with Gasteiger partial charge in [-0.05, 0) is 59.7 Å². The Balaban J connectivity index is 1.26. The van der Waals surface area contributed by atoms with E-state index < -0.39 is 0 Å². The average molecular weight is 562 g/mol. The number of benzene rings is 6. The van der Waals surface area contributed by atoms with E-state index in [4.69, 9.17) is 16.5 Å². The van der Waals surface area contributed by atoms with E-state index in [0.717, 1.165) is 49.5 Å². The van der Waals surface area contributed by atoms with E-state index in [2.05, 4.69) is 123 Å². The van der Waals surface area contributed by atoms with Gasteiger partial charge in [0, 0.05) is 38.8 Å². The van der Waals surface area contributed by atoms with E-state index in [9.17, 15) is 0 Å². The molecule has 0 radical (unpaired) electrons. The lowest BCUT2D eigenvalue weighted by Gasteiger charge is -2.10. The van der Waals surface area contributed by atoms with Gasteiger partial charge in [0.05, 0.1) is 34.2 Å². The predicted octanol–water partition coefficient (Wildman–Crippen LogP) is 10.0. The van der Waals surface area contributed by atoms with Crippen LogP contribution in [0.2, 0.25) is 0 Å². The highest BCUT2D eigenvalue weighted by Gasteiger charge is 2.17. The van der Waals surface area contributed by atoms with Gasteiger partial charge in [-0.3, -0.25) is 4.57 Å². The molecule has 0 unspecified atom stereocenters. The molecule has 0 aliphatic carbocycles. The third-order valence-electron chi connectivity index (χ3n) is 8.58. The Hall–Kier alpha value is -6.25. The molecule has 5 heteroatoms. The van der Waals surface area contributed by atoms with Crippen LogP contribution in [0.3, 0.4) is 0 Å². The normalized spacial score (nSPS) is 11.6. The monoisotopic (exact) mass is 561 g/mol. The van der Waals surface area contributed by atoms with E-state index in [1.807, 2.05) is 24.4 Å². The first kappa shape index (κ1) is 24.4. The van der Waals surface area contributed by atoms with E-state index in [-0.39, 0.29) is 0 Å². The largest absolute Gasteiger partial charge is 0.309 e. The van der Waals surface area contributed by atoms with Crippen molar-refractivity contribution >= 4 is 60.2 Å². The van der Waals surface area contributed by atoms with Gasteiger partial charge in [0.25, 0.3) is 0 Å². The predicted molar refractivity (Wildman–Crippen MR) is 180 cm³/mol. The topological polar surface area (TPSA) is 40.0 Å². The molecule has 0 atom stereocenters. The second-order valence-electron chi connectivity index (χ2n) is 11.0. The summed E-state index contributed by atoms with van der Waals surface area (Å²) in [6, 6.07) is 46.5. The second-order valence-corrected chi connectivity index (χ2v) is 11.0. The Morgan fingerprint density at radius 2 is 1.18 bits per heavy atom. The summed E-state index contributed by atoms with van der Waals surface area (Å²) in [4.78, 5) is 13.2. The van der Waals surface area contributed by atoms with E-state index in [0.29, 0.717) is 11.6 Å². The number of hydrogen-bond acceptors (Lipinski definition) is 2. The molecule has 0 saturated carbocycles. The molecule has 3 heterocycles. The summed E-state index contributed by atoms with van der Waals surface area (Å²) in [5.41, 5.74) is 9.23. The smallest absolute Gasteiger partial charge is 0.235 e. The summed E-state index contributed by atoms with van der Waals surface area (Å²) in [6.45, 7) is 7.42. The van der Waals surface area contributed by atoms with Crippen molar-refractivity contribution in [2.45, 2.75) is 0 Å². The van der Waals surface area contributed by atoms with Gasteiger partial charge in [0.2, 0.25) is 5.95 Å². The van der Waals surface area contributed by atoms with Crippen LogP contribution in [-0.4, -0.2) is 19.1 Å². The number of hydrogen-bond donors (Lipinski definition) is 0. The van der Waals surface area contributed by atoms with E-state index >= 15 is 0 Å². The Morgan fingerprint density at radius 3 is 2.00 bits per heavy atom. The zero-order valence-corrected chi connectivity index (χ0v) is 23.5. The van der Waals surface area contributed by atoms with Crippen molar-refractivity contribution in [2.24, 2.45) is 0 Å². The molecule has 0 saturated heterocycles. The fraction of sp³-hybridized carbons (Fsp3) is 0. The second kappa shape index (κ2) is 9.38. The average Bonchev–Trinajstić information content (AvgIpc) is 3.60. The molecule has 0 aliphatic rings. The fourth-order valence-corrected chi connectivity index (χ4v) is 6.55. The van der Waals surface area contributed by atoms with Gasteiger partial charge in [-0.2, -0.15) is 0 Å². The van der Waals surface area contributed by atoms with Gasteiger partial charge in [-0.25, -0.2) is 14.8 Å². The van der Waals surface area contributed by atoms with Crippen LogP contribution in [0.15, 0.2) is 140 Å². The SMILES string of the molecule is [C-]#[N+]c1ccc2cnc(-n3c4ccccc4c4cc(-c5ccc6c7ccccc7n(-c7ccccc7)c6c5)ccc43)nc2c1. The standard InChI is InChI=1S/C39H23N5/c1-40-28-18-15-27-24-41-39(42-34(27)23-28)44-36-14-8-6-12-31(36)33-21-25(17-20-37(33)44)26-16-19-32-30-11-5-7-13-35(30)43(38(32)22-26)29-9-3-2-4-10-29/h2-24H. The Morgan fingerprint density at radius 1 is 0.523 bits per heavy atom. The van der Waals surface area contributed by atoms with Crippen LogP contribution in [0.1, 0.15) is 0 Å². The maximum absolute atomic E-state index is 7.42. The van der Waals surface area contributed by atoms with Crippen molar-refractivity contribution in [3.8, 4) is 22.8 Å². The highest BCUT2D eigenvalue weighted by atomic mass is 15.2. The highest BCUT2D eigenvalue weighted by molar-refractivity contribution is 6.12. The first-order chi connectivity index (χ1) is 21.8. The molecule has 0 spiro atoms. The van der Waals surface area contributed by atoms with Gasteiger partial charge in [-0.1, -0.05) is 84.9 Å². The molecule has 0 aliphatic heterocycles. The number of fused-ring (bicyclic) bond motifs is 7. The number of nitrogens with zero attached hydrogens (tertiary/aromatic N) is 5. The van der Waals surface area contributed by atoms with Crippen molar-refractivity contribution in [2.75, 3.05) is 0 Å². The first-order valence-electron chi connectivity index (χ1n) is 14.5. The zero-order chi connectivity index (χ0) is 29.2. The molecule has 0 amide bonds. The molecule has 3 aromatic heterocycles. The van der Waals surface area contributed by atoms with Crippen molar-refractivity contribution in [3.63, 3.8) is 0 Å². The Bertz CT molecular complexity index is 2620. The Kier molecular flexibility index (Phi) is 5.19. The molecule has 5 nitrogen and oxygen atoms in total. The fourth-order valence-electron chi connectivity index (χ4n) is 6.55. The molecule has 9 rings (SSSR count). The lowest BCUT2D eigenvalue weighted by Crippen LogP contribution is -2.00. The minimum absolute atomic E-state index is 0.567.